The molecule has 1 fully saturated rings. The van der Waals surface area contributed by atoms with Gasteiger partial charge in [0.05, 0.1) is 6.61 Å². The second kappa shape index (κ2) is 16.9. The molecule has 1 amide bonds. The van der Waals surface area contributed by atoms with E-state index in [2.05, 4.69) is 5.32 Å². The topological polar surface area (TPSA) is 162 Å². The highest BCUT2D eigenvalue weighted by Gasteiger charge is 2.51. The van der Waals surface area contributed by atoms with Crippen molar-refractivity contribution in [2.45, 2.75) is 70.8 Å². The molecule has 0 aromatic heterocycles. The molecule has 14 heteroatoms. The van der Waals surface area contributed by atoms with Gasteiger partial charge in [0.25, 0.3) is 0 Å². The monoisotopic (exact) mass is 618 g/mol. The zero-order chi connectivity index (χ0) is 32.1. The van der Waals surface area contributed by atoms with Crippen LogP contribution in [0.3, 0.4) is 0 Å². The van der Waals surface area contributed by atoms with Gasteiger partial charge in [0, 0.05) is 20.8 Å². The smallest absolute Gasteiger partial charge is 0.408 e. The number of amides is 1. The number of alkyl carbamates (subject to hydrolysis) is 1. The second-order valence-corrected chi connectivity index (χ2v) is 9.62. The van der Waals surface area contributed by atoms with Crippen molar-refractivity contribution in [1.82, 2.24) is 5.32 Å². The molecule has 1 unspecified atom stereocenters. The Hall–Kier alpha value is -4.56. The lowest BCUT2D eigenvalue weighted by Gasteiger charge is -2.42. The maximum atomic E-state index is 15.7. The molecule has 44 heavy (non-hydrogen) atoms. The Morgan fingerprint density at radius 2 is 1.32 bits per heavy atom. The molecule has 0 aliphatic carbocycles. The second-order valence-electron chi connectivity index (χ2n) is 9.62. The molecule has 1 N–H and O–H groups in total. The number of alkyl halides is 1. The van der Waals surface area contributed by atoms with E-state index in [1.54, 1.807) is 60.7 Å². The SMILES string of the molecule is CC(=O)OC[C@H]1OC(OC[C@H](NC(=O)OCc2ccccc2)C(=O)OCc2ccccc2)[C@H]([18F])[C@@H](OC(C)=O)[C@@H]1OC(C)=O. The Balaban J connectivity index is 1.75. The molecule has 0 bridgehead atoms. The summed E-state index contributed by atoms with van der Waals surface area (Å²) in [5, 5.41) is 2.34. The summed E-state index contributed by atoms with van der Waals surface area (Å²) in [5.41, 5.74) is 1.36. The minimum atomic E-state index is -2.23. The summed E-state index contributed by atoms with van der Waals surface area (Å²) in [6, 6.07) is 16.0. The van der Waals surface area contributed by atoms with Crippen LogP contribution in [0.5, 0.6) is 0 Å². The number of benzene rings is 2. The highest BCUT2D eigenvalue weighted by Crippen LogP contribution is 2.30. The van der Waals surface area contributed by atoms with Crippen LogP contribution < -0.4 is 5.32 Å². The van der Waals surface area contributed by atoms with Crippen LogP contribution >= 0.6 is 0 Å². The van der Waals surface area contributed by atoms with Gasteiger partial charge >= 0.3 is 30.0 Å². The summed E-state index contributed by atoms with van der Waals surface area (Å²) in [6.45, 7) is 1.77. The summed E-state index contributed by atoms with van der Waals surface area (Å²) in [7, 11) is 0. The lowest BCUT2D eigenvalue weighted by Crippen LogP contribution is -2.61. The molecule has 1 saturated heterocycles. The molecule has 13 nitrogen and oxygen atoms in total. The van der Waals surface area contributed by atoms with E-state index in [1.165, 1.54) is 0 Å². The summed E-state index contributed by atoms with van der Waals surface area (Å²) < 4.78 is 52.6. The van der Waals surface area contributed by atoms with E-state index >= 15 is 4.39 Å². The van der Waals surface area contributed by atoms with Crippen molar-refractivity contribution in [2.24, 2.45) is 0 Å². The third-order valence-corrected chi connectivity index (χ3v) is 6.07. The Bertz CT molecular complexity index is 1260. The van der Waals surface area contributed by atoms with Crippen LogP contribution in [0.2, 0.25) is 0 Å². The van der Waals surface area contributed by atoms with Gasteiger partial charge in [-0.1, -0.05) is 60.7 Å². The zero-order valence-electron chi connectivity index (χ0n) is 24.3. The molecule has 0 saturated carbocycles. The van der Waals surface area contributed by atoms with Crippen LogP contribution in [0.1, 0.15) is 31.9 Å². The van der Waals surface area contributed by atoms with Crippen LogP contribution in [0.25, 0.3) is 0 Å². The standard InChI is InChI=1S/C30H34FNO12/c1-18(33)38-17-24-26(42-19(2)34)27(43-20(3)35)25(31)29(44-24)40-16-23(28(36)39-14-21-10-6-4-7-11-21)32-30(37)41-15-22-12-8-5-9-13-22/h4-13,23-27,29H,14-17H2,1-3H3,(H,32,37)/t23-,24+,25+,26+,27+,29?/m0/s1/i31-1. The molecule has 2 aromatic carbocycles. The highest BCUT2D eigenvalue weighted by atomic mass is 18.2. The van der Waals surface area contributed by atoms with Crippen LogP contribution in [0.4, 0.5) is 9.18 Å². The van der Waals surface area contributed by atoms with E-state index in [0.717, 1.165) is 20.8 Å². The first-order chi connectivity index (χ1) is 21.0. The number of ether oxygens (including phenoxy) is 7. The third-order valence-electron chi connectivity index (χ3n) is 6.07. The first-order valence-corrected chi connectivity index (χ1v) is 13.6. The molecule has 1 aliphatic heterocycles. The minimum absolute atomic E-state index is 0.100. The number of carbonyl (C=O) groups is 5. The Morgan fingerprint density at radius 1 is 0.773 bits per heavy atom. The summed E-state index contributed by atoms with van der Waals surface area (Å²) in [5.74, 6) is -3.37. The maximum Gasteiger partial charge on any atom is 0.408 e. The summed E-state index contributed by atoms with van der Waals surface area (Å²) in [6.07, 6.45) is -9.58. The van der Waals surface area contributed by atoms with Crippen LogP contribution in [-0.2, 0) is 65.5 Å². The summed E-state index contributed by atoms with van der Waals surface area (Å²) in [4.78, 5) is 60.6. The van der Waals surface area contributed by atoms with Crippen molar-refractivity contribution in [3.63, 3.8) is 0 Å². The molecule has 6 atom stereocenters. The normalized spacial score (nSPS) is 21.7. The molecule has 1 aliphatic rings. The fourth-order valence-corrected chi connectivity index (χ4v) is 4.09. The van der Waals surface area contributed by atoms with E-state index in [1.807, 2.05) is 0 Å². The van der Waals surface area contributed by atoms with Crippen LogP contribution in [-0.4, -0.2) is 80.0 Å². The van der Waals surface area contributed by atoms with E-state index in [4.69, 9.17) is 33.2 Å². The van der Waals surface area contributed by atoms with Gasteiger partial charge in [0.15, 0.2) is 30.7 Å². The van der Waals surface area contributed by atoms with Crippen molar-refractivity contribution in [3.8, 4) is 0 Å². The molecule has 1 heterocycles. The van der Waals surface area contributed by atoms with Gasteiger partial charge < -0.3 is 38.5 Å². The van der Waals surface area contributed by atoms with E-state index in [-0.39, 0.29) is 13.2 Å². The molecule has 0 radical (unpaired) electrons. The van der Waals surface area contributed by atoms with Gasteiger partial charge in [-0.3, -0.25) is 14.4 Å². The molecule has 3 rings (SSSR count). The van der Waals surface area contributed by atoms with Crippen LogP contribution in [0, 0.1) is 0 Å². The van der Waals surface area contributed by atoms with Crippen molar-refractivity contribution in [3.05, 3.63) is 71.8 Å². The Labute approximate surface area is 252 Å². The largest absolute Gasteiger partial charge is 0.463 e. The predicted octanol–water partition coefficient (Wildman–Crippen LogP) is 2.53. The minimum Gasteiger partial charge on any atom is -0.463 e. The van der Waals surface area contributed by atoms with E-state index in [0.29, 0.717) is 11.1 Å². The van der Waals surface area contributed by atoms with Gasteiger partial charge in [-0.2, -0.15) is 0 Å². The van der Waals surface area contributed by atoms with Gasteiger partial charge in [-0.05, 0) is 11.1 Å². The molecular weight excluding hydrogens is 584 g/mol. The fraction of sp³-hybridized carbons (Fsp3) is 0.433. The average molecular weight is 619 g/mol. The molecule has 238 valence electrons. The number of halogens is 1. The van der Waals surface area contributed by atoms with E-state index < -0.39 is 80.0 Å². The lowest BCUT2D eigenvalue weighted by molar-refractivity contribution is -0.293. The molecule has 2 aromatic rings. The first kappa shape index (κ1) is 33.9. The lowest BCUT2D eigenvalue weighted by atomic mass is 9.99. The third kappa shape index (κ3) is 10.9. The maximum absolute atomic E-state index is 15.7. The number of hydrogen-bond donors (Lipinski definition) is 1. The fourth-order valence-electron chi connectivity index (χ4n) is 4.09. The number of rotatable bonds is 13. The Kier molecular flexibility index (Phi) is 13.0. The van der Waals surface area contributed by atoms with Crippen molar-refractivity contribution < 1.29 is 61.5 Å². The molecule has 0 spiro atoms. The summed E-state index contributed by atoms with van der Waals surface area (Å²) >= 11 is 0. The number of esters is 4. The highest BCUT2D eigenvalue weighted by molar-refractivity contribution is 5.81. The van der Waals surface area contributed by atoms with Gasteiger partial charge in [0.1, 0.15) is 25.9 Å². The number of nitrogens with one attached hydrogen (secondary N) is 1. The van der Waals surface area contributed by atoms with Crippen LogP contribution in [0.15, 0.2) is 60.7 Å². The van der Waals surface area contributed by atoms with E-state index in [9.17, 15) is 24.0 Å². The van der Waals surface area contributed by atoms with Gasteiger partial charge in [0.2, 0.25) is 0 Å². The zero-order valence-corrected chi connectivity index (χ0v) is 24.3. The van der Waals surface area contributed by atoms with Gasteiger partial charge in [-0.25, -0.2) is 14.0 Å². The van der Waals surface area contributed by atoms with Crippen molar-refractivity contribution >= 4 is 30.0 Å². The molecular formula is C30H34FNO12. The number of hydrogen-bond acceptors (Lipinski definition) is 12. The van der Waals surface area contributed by atoms with Crippen molar-refractivity contribution in [1.29, 1.82) is 0 Å². The predicted molar refractivity (Wildman–Crippen MR) is 147 cm³/mol. The Morgan fingerprint density at radius 3 is 1.86 bits per heavy atom. The average Bonchev–Trinajstić information content (AvgIpc) is 2.99. The first-order valence-electron chi connectivity index (χ1n) is 13.6. The number of carbonyl (C=O) groups excluding carboxylic acids is 5. The van der Waals surface area contributed by atoms with Crippen molar-refractivity contribution in [2.75, 3.05) is 13.2 Å². The van der Waals surface area contributed by atoms with Gasteiger partial charge in [-0.15, -0.1) is 0 Å². The quantitative estimate of drug-likeness (QED) is 0.258.